The third-order valence-electron chi connectivity index (χ3n) is 3.44. The van der Waals surface area contributed by atoms with Crippen molar-refractivity contribution in [3.05, 3.63) is 50.9 Å². The van der Waals surface area contributed by atoms with Gasteiger partial charge in [-0.3, -0.25) is 9.89 Å². The van der Waals surface area contributed by atoms with Gasteiger partial charge in [0.2, 0.25) is 0 Å². The Morgan fingerprint density at radius 2 is 1.89 bits per heavy atom. The summed E-state index contributed by atoms with van der Waals surface area (Å²) in [6.07, 6.45) is 1.82. The predicted molar refractivity (Wildman–Crippen MR) is 74.6 cm³/mol. The van der Waals surface area contributed by atoms with Gasteiger partial charge in [0.25, 0.3) is 5.56 Å². The summed E-state index contributed by atoms with van der Waals surface area (Å²) in [6.45, 7) is 8.19. The van der Waals surface area contributed by atoms with Crippen molar-refractivity contribution in [2.45, 2.75) is 40.5 Å². The third-order valence-corrected chi connectivity index (χ3v) is 3.44. The first-order valence-electron chi connectivity index (χ1n) is 6.42. The summed E-state index contributed by atoms with van der Waals surface area (Å²) in [7, 11) is 0. The molecule has 0 amide bonds. The normalized spacial score (nSPS) is 10.9. The Kier molecular flexibility index (Phi) is 3.41. The molecule has 0 radical (unpaired) electrons. The standard InChI is InChI=1S/C15H20N2O/c1-5-6-14-12(4)16-17(15(14)18)13-8-7-10(2)11(3)9-13/h7-9,16H,5-6H2,1-4H3. The molecule has 0 bridgehead atoms. The lowest BCUT2D eigenvalue weighted by Crippen LogP contribution is -2.17. The van der Waals surface area contributed by atoms with Crippen molar-refractivity contribution in [1.29, 1.82) is 0 Å². The van der Waals surface area contributed by atoms with Crippen LogP contribution in [0, 0.1) is 20.8 Å². The van der Waals surface area contributed by atoms with Gasteiger partial charge in [0.15, 0.2) is 0 Å². The molecular formula is C15H20N2O. The highest BCUT2D eigenvalue weighted by molar-refractivity contribution is 5.40. The molecule has 96 valence electrons. The van der Waals surface area contributed by atoms with E-state index < -0.39 is 0 Å². The Labute approximate surface area is 107 Å². The van der Waals surface area contributed by atoms with Gasteiger partial charge in [0.05, 0.1) is 5.69 Å². The fourth-order valence-corrected chi connectivity index (χ4v) is 2.17. The summed E-state index contributed by atoms with van der Waals surface area (Å²) in [5.41, 5.74) is 5.30. The van der Waals surface area contributed by atoms with Gasteiger partial charge < -0.3 is 0 Å². The second-order valence-electron chi connectivity index (χ2n) is 4.87. The average molecular weight is 244 g/mol. The number of benzene rings is 1. The van der Waals surface area contributed by atoms with Crippen LogP contribution in [0.1, 0.15) is 35.7 Å². The summed E-state index contributed by atoms with van der Waals surface area (Å²) in [5.74, 6) is 0. The molecule has 0 aliphatic heterocycles. The molecule has 1 N–H and O–H groups in total. The van der Waals surface area contributed by atoms with Crippen LogP contribution in [0.2, 0.25) is 0 Å². The van der Waals surface area contributed by atoms with E-state index in [1.807, 2.05) is 25.1 Å². The lowest BCUT2D eigenvalue weighted by atomic mass is 10.1. The minimum Gasteiger partial charge on any atom is -0.295 e. The Balaban J connectivity index is 2.54. The van der Waals surface area contributed by atoms with Crippen molar-refractivity contribution in [3.8, 4) is 5.69 Å². The quantitative estimate of drug-likeness (QED) is 0.885. The fourth-order valence-electron chi connectivity index (χ4n) is 2.17. The molecule has 0 atom stereocenters. The SMILES string of the molecule is CCCc1c(C)[nH]n(-c2ccc(C)c(C)c2)c1=O. The molecule has 0 spiro atoms. The smallest absolute Gasteiger partial charge is 0.274 e. The molecular weight excluding hydrogens is 224 g/mol. The molecule has 0 saturated carbocycles. The highest BCUT2D eigenvalue weighted by Crippen LogP contribution is 2.13. The maximum Gasteiger partial charge on any atom is 0.274 e. The number of rotatable bonds is 3. The van der Waals surface area contributed by atoms with E-state index in [1.165, 1.54) is 11.1 Å². The van der Waals surface area contributed by atoms with Gasteiger partial charge in [-0.2, -0.15) is 0 Å². The molecule has 1 aromatic heterocycles. The molecule has 3 nitrogen and oxygen atoms in total. The lowest BCUT2D eigenvalue weighted by molar-refractivity contribution is 0.831. The van der Waals surface area contributed by atoms with E-state index >= 15 is 0 Å². The number of nitrogens with zero attached hydrogens (tertiary/aromatic N) is 1. The van der Waals surface area contributed by atoms with Crippen LogP contribution >= 0.6 is 0 Å². The molecule has 1 heterocycles. The van der Waals surface area contributed by atoms with Crippen LogP contribution in [0.4, 0.5) is 0 Å². The van der Waals surface area contributed by atoms with Crippen LogP contribution in [-0.4, -0.2) is 9.78 Å². The van der Waals surface area contributed by atoms with Crippen molar-refractivity contribution >= 4 is 0 Å². The highest BCUT2D eigenvalue weighted by atomic mass is 16.1. The lowest BCUT2D eigenvalue weighted by Gasteiger charge is -2.05. The van der Waals surface area contributed by atoms with Gasteiger partial charge in [-0.25, -0.2) is 4.68 Å². The van der Waals surface area contributed by atoms with Gasteiger partial charge in [-0.1, -0.05) is 19.4 Å². The van der Waals surface area contributed by atoms with Crippen LogP contribution in [0.25, 0.3) is 5.69 Å². The van der Waals surface area contributed by atoms with Gasteiger partial charge in [-0.05, 0) is 50.5 Å². The summed E-state index contributed by atoms with van der Waals surface area (Å²) in [6, 6.07) is 6.07. The van der Waals surface area contributed by atoms with Gasteiger partial charge >= 0.3 is 0 Å². The molecule has 2 aromatic rings. The van der Waals surface area contributed by atoms with Crippen LogP contribution in [0.5, 0.6) is 0 Å². The minimum atomic E-state index is 0.0811. The monoisotopic (exact) mass is 244 g/mol. The number of H-pyrrole nitrogens is 1. The Hall–Kier alpha value is -1.77. The first-order valence-corrected chi connectivity index (χ1v) is 6.42. The summed E-state index contributed by atoms with van der Waals surface area (Å²) in [5, 5.41) is 3.16. The molecule has 3 heteroatoms. The molecule has 0 aliphatic rings. The Morgan fingerprint density at radius 3 is 2.50 bits per heavy atom. The molecule has 1 aromatic carbocycles. The van der Waals surface area contributed by atoms with Crippen LogP contribution in [0.3, 0.4) is 0 Å². The van der Waals surface area contributed by atoms with Crippen molar-refractivity contribution in [2.24, 2.45) is 0 Å². The molecule has 0 unspecified atom stereocenters. The Bertz CT molecular complexity index is 620. The van der Waals surface area contributed by atoms with Gasteiger partial charge in [0, 0.05) is 11.3 Å². The van der Waals surface area contributed by atoms with Crippen LogP contribution in [0.15, 0.2) is 23.0 Å². The zero-order chi connectivity index (χ0) is 13.3. The molecule has 0 fully saturated rings. The van der Waals surface area contributed by atoms with Gasteiger partial charge in [0.1, 0.15) is 0 Å². The summed E-state index contributed by atoms with van der Waals surface area (Å²) in [4.78, 5) is 12.3. The van der Waals surface area contributed by atoms with E-state index in [9.17, 15) is 4.79 Å². The van der Waals surface area contributed by atoms with E-state index in [-0.39, 0.29) is 5.56 Å². The van der Waals surface area contributed by atoms with E-state index in [0.717, 1.165) is 29.8 Å². The van der Waals surface area contributed by atoms with E-state index in [0.29, 0.717) is 0 Å². The van der Waals surface area contributed by atoms with E-state index in [2.05, 4.69) is 25.9 Å². The second-order valence-corrected chi connectivity index (χ2v) is 4.87. The number of aryl methyl sites for hydroxylation is 3. The maximum absolute atomic E-state index is 12.3. The number of hydrogen-bond acceptors (Lipinski definition) is 1. The molecule has 0 aliphatic carbocycles. The Morgan fingerprint density at radius 1 is 1.17 bits per heavy atom. The first-order chi connectivity index (χ1) is 8.54. The number of hydrogen-bond donors (Lipinski definition) is 1. The molecule has 18 heavy (non-hydrogen) atoms. The predicted octanol–water partition coefficient (Wildman–Crippen LogP) is 3.04. The van der Waals surface area contributed by atoms with Crippen molar-refractivity contribution in [3.63, 3.8) is 0 Å². The van der Waals surface area contributed by atoms with E-state index in [1.54, 1.807) is 4.68 Å². The zero-order valence-corrected chi connectivity index (χ0v) is 11.5. The number of aromatic nitrogens is 2. The number of nitrogens with one attached hydrogen (secondary N) is 1. The van der Waals surface area contributed by atoms with Crippen molar-refractivity contribution in [2.75, 3.05) is 0 Å². The largest absolute Gasteiger partial charge is 0.295 e. The third kappa shape index (κ3) is 2.13. The summed E-state index contributed by atoms with van der Waals surface area (Å²) < 4.78 is 1.65. The fraction of sp³-hybridized carbons (Fsp3) is 0.400. The second kappa shape index (κ2) is 4.84. The zero-order valence-electron chi connectivity index (χ0n) is 11.5. The van der Waals surface area contributed by atoms with Crippen molar-refractivity contribution < 1.29 is 0 Å². The maximum atomic E-state index is 12.3. The van der Waals surface area contributed by atoms with Crippen molar-refractivity contribution in [1.82, 2.24) is 9.78 Å². The molecule has 2 rings (SSSR count). The topological polar surface area (TPSA) is 37.8 Å². The highest BCUT2D eigenvalue weighted by Gasteiger charge is 2.11. The van der Waals surface area contributed by atoms with Crippen LogP contribution < -0.4 is 5.56 Å². The summed E-state index contributed by atoms with van der Waals surface area (Å²) >= 11 is 0. The average Bonchev–Trinajstić information content (AvgIpc) is 2.61. The number of aromatic amines is 1. The van der Waals surface area contributed by atoms with E-state index in [4.69, 9.17) is 0 Å². The minimum absolute atomic E-state index is 0.0811. The van der Waals surface area contributed by atoms with Crippen LogP contribution in [-0.2, 0) is 6.42 Å². The first kappa shape index (κ1) is 12.7. The van der Waals surface area contributed by atoms with Gasteiger partial charge in [-0.15, -0.1) is 0 Å². The molecule has 0 saturated heterocycles.